The summed E-state index contributed by atoms with van der Waals surface area (Å²) in [6.45, 7) is 12.8. The molecule has 31 heavy (non-hydrogen) atoms. The minimum atomic E-state index is 0.824. The molecule has 1 aromatic rings. The molecular weight excluding hydrogens is 380 g/mol. The number of hydrogen-bond acceptors (Lipinski definition) is 3. The fourth-order valence-corrected chi connectivity index (χ4v) is 4.39. The van der Waals surface area contributed by atoms with Gasteiger partial charge in [-0.15, -0.1) is 6.58 Å². The van der Waals surface area contributed by atoms with Crippen molar-refractivity contribution in [2.45, 2.75) is 90.4 Å². The number of benzene rings is 1. The summed E-state index contributed by atoms with van der Waals surface area (Å²) in [6, 6.07) is 8.74. The lowest BCUT2D eigenvalue weighted by molar-refractivity contribution is 0.252. The Balaban J connectivity index is 1.52. The molecule has 0 saturated carbocycles. The molecule has 1 aromatic carbocycles. The van der Waals surface area contributed by atoms with Gasteiger partial charge in [-0.1, -0.05) is 70.8 Å². The molecule has 0 aromatic heterocycles. The summed E-state index contributed by atoms with van der Waals surface area (Å²) in [5.41, 5.74) is 1.34. The monoisotopic (exact) mass is 428 g/mol. The Hall–Kier alpha value is -1.48. The molecule has 0 amide bonds. The van der Waals surface area contributed by atoms with E-state index in [0.29, 0.717) is 0 Å². The fraction of sp³-hybridized carbons (Fsp3) is 0.714. The Labute approximate surface area is 192 Å². The Morgan fingerprint density at radius 3 is 2.06 bits per heavy atom. The Kier molecular flexibility index (Phi) is 14.2. The molecule has 0 bridgehead atoms. The number of unbranched alkanes of at least 4 members (excludes halogenated alkanes) is 11. The highest BCUT2D eigenvalue weighted by Gasteiger charge is 2.16. The van der Waals surface area contributed by atoms with Gasteiger partial charge in [0.25, 0.3) is 0 Å². The maximum atomic E-state index is 5.92. The zero-order valence-electron chi connectivity index (χ0n) is 20.3. The van der Waals surface area contributed by atoms with Gasteiger partial charge in [0.1, 0.15) is 5.75 Å². The van der Waals surface area contributed by atoms with Crippen molar-refractivity contribution in [3.8, 4) is 5.75 Å². The third-order valence-corrected chi connectivity index (χ3v) is 6.47. The Morgan fingerprint density at radius 1 is 0.774 bits per heavy atom. The van der Waals surface area contributed by atoms with Crippen LogP contribution < -0.4 is 9.64 Å². The Morgan fingerprint density at radius 2 is 1.39 bits per heavy atom. The molecule has 1 aliphatic rings. The molecule has 0 unspecified atom stereocenters. The SMILES string of the molecule is C=CCCCCCCOc1ccc(N2CCN(CCCCCCCCCC)CC2)cc1. The summed E-state index contributed by atoms with van der Waals surface area (Å²) >= 11 is 0. The molecule has 3 heteroatoms. The summed E-state index contributed by atoms with van der Waals surface area (Å²) < 4.78 is 5.92. The van der Waals surface area contributed by atoms with Gasteiger partial charge in [0.2, 0.25) is 0 Å². The largest absolute Gasteiger partial charge is 0.494 e. The van der Waals surface area contributed by atoms with Crippen molar-refractivity contribution in [2.24, 2.45) is 0 Å². The molecule has 0 radical (unpaired) electrons. The van der Waals surface area contributed by atoms with Crippen LogP contribution in [-0.4, -0.2) is 44.2 Å². The quantitative estimate of drug-likeness (QED) is 0.178. The first-order valence-electron chi connectivity index (χ1n) is 13.1. The highest BCUT2D eigenvalue weighted by atomic mass is 16.5. The highest BCUT2D eigenvalue weighted by molar-refractivity contribution is 5.49. The number of piperazine rings is 1. The van der Waals surface area contributed by atoms with Crippen LogP contribution in [0.4, 0.5) is 5.69 Å². The van der Waals surface area contributed by atoms with Crippen molar-refractivity contribution >= 4 is 5.69 Å². The van der Waals surface area contributed by atoms with Crippen LogP contribution in [0.15, 0.2) is 36.9 Å². The molecule has 1 heterocycles. The van der Waals surface area contributed by atoms with Gasteiger partial charge >= 0.3 is 0 Å². The molecule has 1 aliphatic heterocycles. The molecule has 2 rings (SSSR count). The van der Waals surface area contributed by atoms with E-state index in [0.717, 1.165) is 38.3 Å². The van der Waals surface area contributed by atoms with Gasteiger partial charge in [0, 0.05) is 31.9 Å². The van der Waals surface area contributed by atoms with E-state index < -0.39 is 0 Å². The zero-order valence-corrected chi connectivity index (χ0v) is 20.3. The minimum absolute atomic E-state index is 0.824. The predicted octanol–water partition coefficient (Wildman–Crippen LogP) is 7.46. The van der Waals surface area contributed by atoms with E-state index in [4.69, 9.17) is 4.74 Å². The summed E-state index contributed by atoms with van der Waals surface area (Å²) in [4.78, 5) is 5.17. The number of nitrogens with zero attached hydrogens (tertiary/aromatic N) is 2. The Bertz CT molecular complexity index is 549. The first-order valence-corrected chi connectivity index (χ1v) is 13.1. The van der Waals surface area contributed by atoms with Crippen LogP contribution in [0.5, 0.6) is 5.75 Å². The molecule has 1 fully saturated rings. The lowest BCUT2D eigenvalue weighted by Gasteiger charge is -2.36. The second-order valence-corrected chi connectivity index (χ2v) is 9.14. The van der Waals surface area contributed by atoms with E-state index in [2.05, 4.69) is 47.6 Å². The number of rotatable bonds is 18. The fourth-order valence-electron chi connectivity index (χ4n) is 4.39. The molecule has 176 valence electrons. The molecule has 0 N–H and O–H groups in total. The number of ether oxygens (including phenoxy) is 1. The van der Waals surface area contributed by atoms with E-state index in [1.54, 1.807) is 0 Å². The molecule has 1 saturated heterocycles. The molecule has 3 nitrogen and oxygen atoms in total. The number of hydrogen-bond donors (Lipinski definition) is 0. The van der Waals surface area contributed by atoms with Gasteiger partial charge in [-0.05, 0) is 56.5 Å². The van der Waals surface area contributed by atoms with Crippen LogP contribution >= 0.6 is 0 Å². The van der Waals surface area contributed by atoms with Crippen LogP contribution in [0.25, 0.3) is 0 Å². The lowest BCUT2D eigenvalue weighted by Crippen LogP contribution is -2.46. The van der Waals surface area contributed by atoms with Crippen molar-refractivity contribution in [3.63, 3.8) is 0 Å². The van der Waals surface area contributed by atoms with Gasteiger partial charge in [0.05, 0.1) is 6.61 Å². The van der Waals surface area contributed by atoms with E-state index in [-0.39, 0.29) is 0 Å². The van der Waals surface area contributed by atoms with Gasteiger partial charge < -0.3 is 9.64 Å². The third-order valence-electron chi connectivity index (χ3n) is 6.47. The van der Waals surface area contributed by atoms with Crippen LogP contribution in [0, 0.1) is 0 Å². The summed E-state index contributed by atoms with van der Waals surface area (Å²) in [6.07, 6.45) is 19.3. The van der Waals surface area contributed by atoms with E-state index in [1.165, 1.54) is 96.0 Å². The van der Waals surface area contributed by atoms with Crippen molar-refractivity contribution in [1.29, 1.82) is 0 Å². The van der Waals surface area contributed by atoms with E-state index >= 15 is 0 Å². The first-order chi connectivity index (χ1) is 15.3. The standard InChI is InChI=1S/C28H48N2O/c1-3-5-7-9-11-12-13-15-21-29-22-24-30(25-23-29)27-17-19-28(20-18-27)31-26-16-14-10-8-6-4-2/h4,17-20H,2-3,5-16,21-26H2,1H3. The molecular formula is C28H48N2O. The summed E-state index contributed by atoms with van der Waals surface area (Å²) in [7, 11) is 0. The molecule has 0 spiro atoms. The summed E-state index contributed by atoms with van der Waals surface area (Å²) in [5.74, 6) is 1.00. The summed E-state index contributed by atoms with van der Waals surface area (Å²) in [5, 5.41) is 0. The van der Waals surface area contributed by atoms with Crippen LogP contribution in [0.1, 0.15) is 90.4 Å². The van der Waals surface area contributed by atoms with Gasteiger partial charge in [-0.25, -0.2) is 0 Å². The van der Waals surface area contributed by atoms with Gasteiger partial charge in [-0.2, -0.15) is 0 Å². The second kappa shape index (κ2) is 17.1. The van der Waals surface area contributed by atoms with E-state index in [9.17, 15) is 0 Å². The zero-order chi connectivity index (χ0) is 22.0. The smallest absolute Gasteiger partial charge is 0.119 e. The maximum absolute atomic E-state index is 5.92. The van der Waals surface area contributed by atoms with Crippen molar-refractivity contribution in [1.82, 2.24) is 4.90 Å². The van der Waals surface area contributed by atoms with Crippen molar-refractivity contribution in [3.05, 3.63) is 36.9 Å². The average Bonchev–Trinajstić information content (AvgIpc) is 2.81. The molecule has 0 aliphatic carbocycles. The lowest BCUT2D eigenvalue weighted by atomic mass is 10.1. The minimum Gasteiger partial charge on any atom is -0.494 e. The normalized spacial score (nSPS) is 14.7. The third kappa shape index (κ3) is 11.6. The second-order valence-electron chi connectivity index (χ2n) is 9.14. The number of allylic oxidation sites excluding steroid dienone is 1. The van der Waals surface area contributed by atoms with Crippen LogP contribution in [0.2, 0.25) is 0 Å². The number of anilines is 1. The molecule has 0 atom stereocenters. The van der Waals surface area contributed by atoms with Crippen LogP contribution in [-0.2, 0) is 0 Å². The predicted molar refractivity (Wildman–Crippen MR) is 136 cm³/mol. The highest BCUT2D eigenvalue weighted by Crippen LogP contribution is 2.21. The van der Waals surface area contributed by atoms with Gasteiger partial charge in [-0.3, -0.25) is 4.90 Å². The maximum Gasteiger partial charge on any atom is 0.119 e. The van der Waals surface area contributed by atoms with Crippen LogP contribution in [0.3, 0.4) is 0 Å². The van der Waals surface area contributed by atoms with E-state index in [1.807, 2.05) is 6.08 Å². The van der Waals surface area contributed by atoms with Crippen molar-refractivity contribution < 1.29 is 4.74 Å². The average molecular weight is 429 g/mol. The first kappa shape index (κ1) is 25.8. The van der Waals surface area contributed by atoms with Gasteiger partial charge in [0.15, 0.2) is 0 Å². The van der Waals surface area contributed by atoms with Crippen molar-refractivity contribution in [2.75, 3.05) is 44.2 Å². The topological polar surface area (TPSA) is 15.7 Å².